The smallest absolute Gasteiger partial charge is 0.263 e. The van der Waals surface area contributed by atoms with Crippen molar-refractivity contribution >= 4 is 17.2 Å². The molecular formula is C16H22N4O2S. The minimum Gasteiger partial charge on any atom is -0.388 e. The van der Waals surface area contributed by atoms with E-state index in [1.54, 1.807) is 17.1 Å². The molecule has 2 aromatic heterocycles. The molecule has 1 aliphatic rings. The summed E-state index contributed by atoms with van der Waals surface area (Å²) >= 11 is 1.34. The van der Waals surface area contributed by atoms with E-state index in [1.165, 1.54) is 24.2 Å². The number of nitrogens with one attached hydrogen (secondary N) is 1. The number of aliphatic hydroxyl groups is 1. The van der Waals surface area contributed by atoms with Crippen LogP contribution in [0, 0.1) is 0 Å². The average Bonchev–Trinajstić information content (AvgIpc) is 3.12. The SMILES string of the molecule is Cn1cc(-c2ncc(C(=O)NCC3(O)CCCCCC3)s2)cn1. The van der Waals surface area contributed by atoms with E-state index in [-0.39, 0.29) is 5.91 Å². The van der Waals surface area contributed by atoms with Gasteiger partial charge in [-0.2, -0.15) is 5.10 Å². The second kappa shape index (κ2) is 6.80. The molecule has 7 heteroatoms. The molecule has 2 N–H and O–H groups in total. The van der Waals surface area contributed by atoms with Crippen molar-refractivity contribution in [2.45, 2.75) is 44.1 Å². The first-order valence-electron chi connectivity index (χ1n) is 8.01. The monoisotopic (exact) mass is 334 g/mol. The molecule has 1 amide bonds. The van der Waals surface area contributed by atoms with E-state index in [0.717, 1.165) is 36.3 Å². The van der Waals surface area contributed by atoms with E-state index in [2.05, 4.69) is 15.4 Å². The summed E-state index contributed by atoms with van der Waals surface area (Å²) in [5.41, 5.74) is 0.141. The van der Waals surface area contributed by atoms with E-state index in [9.17, 15) is 9.90 Å². The fraction of sp³-hybridized carbons (Fsp3) is 0.562. The topological polar surface area (TPSA) is 80.0 Å². The molecule has 0 unspecified atom stereocenters. The summed E-state index contributed by atoms with van der Waals surface area (Å²) in [6.07, 6.45) is 11.1. The van der Waals surface area contributed by atoms with E-state index < -0.39 is 5.60 Å². The predicted octanol–water partition coefficient (Wildman–Crippen LogP) is 2.36. The molecule has 0 radical (unpaired) electrons. The number of thiazole rings is 1. The lowest BCUT2D eigenvalue weighted by molar-refractivity contribution is 0.0247. The summed E-state index contributed by atoms with van der Waals surface area (Å²) in [7, 11) is 1.85. The summed E-state index contributed by atoms with van der Waals surface area (Å²) in [5, 5.41) is 18.3. The zero-order valence-electron chi connectivity index (χ0n) is 13.3. The Morgan fingerprint density at radius 2 is 2.09 bits per heavy atom. The second-order valence-electron chi connectivity index (χ2n) is 6.25. The van der Waals surface area contributed by atoms with Gasteiger partial charge in [-0.15, -0.1) is 11.3 Å². The Morgan fingerprint density at radius 1 is 1.35 bits per heavy atom. The van der Waals surface area contributed by atoms with E-state index in [0.29, 0.717) is 11.4 Å². The van der Waals surface area contributed by atoms with Crippen LogP contribution in [0.3, 0.4) is 0 Å². The van der Waals surface area contributed by atoms with Gasteiger partial charge in [0.05, 0.1) is 18.0 Å². The molecule has 2 heterocycles. The molecule has 0 atom stereocenters. The lowest BCUT2D eigenvalue weighted by Gasteiger charge is -2.26. The maximum atomic E-state index is 12.3. The van der Waals surface area contributed by atoms with E-state index in [1.807, 2.05) is 13.2 Å². The van der Waals surface area contributed by atoms with Gasteiger partial charge in [0.2, 0.25) is 0 Å². The highest BCUT2D eigenvalue weighted by molar-refractivity contribution is 7.16. The molecule has 23 heavy (non-hydrogen) atoms. The number of carbonyl (C=O) groups is 1. The summed E-state index contributed by atoms with van der Waals surface area (Å²) in [5.74, 6) is -0.171. The summed E-state index contributed by atoms with van der Waals surface area (Å²) < 4.78 is 1.71. The minimum absolute atomic E-state index is 0.171. The number of hydrogen-bond acceptors (Lipinski definition) is 5. The summed E-state index contributed by atoms with van der Waals surface area (Å²) in [6.45, 7) is 0.311. The van der Waals surface area contributed by atoms with Gasteiger partial charge in [0.1, 0.15) is 9.88 Å². The van der Waals surface area contributed by atoms with Crippen LogP contribution in [-0.2, 0) is 7.05 Å². The maximum absolute atomic E-state index is 12.3. The standard InChI is InChI=1S/C16H22N4O2S/c1-20-10-12(8-19-20)15-17-9-13(23-15)14(21)18-11-16(22)6-4-2-3-5-7-16/h8-10,22H,2-7,11H2,1H3,(H,18,21). The fourth-order valence-electron chi connectivity index (χ4n) is 2.94. The van der Waals surface area contributed by atoms with E-state index >= 15 is 0 Å². The maximum Gasteiger partial charge on any atom is 0.263 e. The van der Waals surface area contributed by atoms with Crippen LogP contribution in [0.25, 0.3) is 10.6 Å². The van der Waals surface area contributed by atoms with Crippen LogP contribution in [0.5, 0.6) is 0 Å². The summed E-state index contributed by atoms with van der Waals surface area (Å²) in [4.78, 5) is 17.1. The van der Waals surface area contributed by atoms with Gasteiger partial charge < -0.3 is 10.4 Å². The lowest BCUT2D eigenvalue weighted by atomic mass is 9.94. The van der Waals surface area contributed by atoms with Crippen molar-refractivity contribution in [3.8, 4) is 10.6 Å². The molecule has 0 spiro atoms. The fourth-order valence-corrected chi connectivity index (χ4v) is 3.75. The molecule has 3 rings (SSSR count). The highest BCUT2D eigenvalue weighted by atomic mass is 32.1. The van der Waals surface area contributed by atoms with Crippen LogP contribution in [-0.4, -0.2) is 37.9 Å². The predicted molar refractivity (Wildman–Crippen MR) is 89.3 cm³/mol. The van der Waals surface area contributed by atoms with Crippen LogP contribution in [0.2, 0.25) is 0 Å². The Kier molecular flexibility index (Phi) is 4.77. The Balaban J connectivity index is 1.61. The number of amides is 1. The molecular weight excluding hydrogens is 312 g/mol. The Labute approximate surface area is 139 Å². The van der Waals surface area contributed by atoms with Gasteiger partial charge in [-0.1, -0.05) is 25.7 Å². The van der Waals surface area contributed by atoms with Gasteiger partial charge >= 0.3 is 0 Å². The number of aromatic nitrogens is 3. The summed E-state index contributed by atoms with van der Waals surface area (Å²) in [6, 6.07) is 0. The third-order valence-corrected chi connectivity index (χ3v) is 5.34. The second-order valence-corrected chi connectivity index (χ2v) is 7.28. The number of nitrogens with zero attached hydrogens (tertiary/aromatic N) is 3. The molecule has 2 aromatic rings. The molecule has 1 saturated carbocycles. The quantitative estimate of drug-likeness (QED) is 0.841. The molecule has 124 valence electrons. The molecule has 0 saturated heterocycles. The van der Waals surface area contributed by atoms with Crippen LogP contribution in [0.1, 0.15) is 48.2 Å². The van der Waals surface area contributed by atoms with Gasteiger partial charge in [-0.05, 0) is 12.8 Å². The number of aryl methyl sites for hydroxylation is 1. The van der Waals surface area contributed by atoms with Crippen LogP contribution in [0.15, 0.2) is 18.6 Å². The van der Waals surface area contributed by atoms with Crippen molar-refractivity contribution in [1.29, 1.82) is 0 Å². The average molecular weight is 334 g/mol. The zero-order chi connectivity index (χ0) is 16.3. The van der Waals surface area contributed by atoms with Crippen molar-refractivity contribution in [2.24, 2.45) is 7.05 Å². The van der Waals surface area contributed by atoms with Crippen LogP contribution >= 0.6 is 11.3 Å². The highest BCUT2D eigenvalue weighted by Gasteiger charge is 2.28. The highest BCUT2D eigenvalue weighted by Crippen LogP contribution is 2.27. The first-order chi connectivity index (χ1) is 11.1. The first-order valence-corrected chi connectivity index (χ1v) is 8.83. The first kappa shape index (κ1) is 16.1. The minimum atomic E-state index is -0.761. The number of hydrogen-bond donors (Lipinski definition) is 2. The van der Waals surface area contributed by atoms with Gasteiger partial charge in [0.15, 0.2) is 0 Å². The Hall–Kier alpha value is -1.73. The van der Waals surface area contributed by atoms with Crippen molar-refractivity contribution in [3.63, 3.8) is 0 Å². The molecule has 0 aliphatic heterocycles. The molecule has 0 aromatic carbocycles. The van der Waals surface area contributed by atoms with Crippen LogP contribution < -0.4 is 5.32 Å². The van der Waals surface area contributed by atoms with Gasteiger partial charge in [-0.3, -0.25) is 9.48 Å². The molecule has 1 fully saturated rings. The molecule has 1 aliphatic carbocycles. The van der Waals surface area contributed by atoms with Crippen LogP contribution in [0.4, 0.5) is 0 Å². The zero-order valence-corrected chi connectivity index (χ0v) is 14.1. The van der Waals surface area contributed by atoms with Crippen molar-refractivity contribution in [1.82, 2.24) is 20.1 Å². The van der Waals surface area contributed by atoms with E-state index in [4.69, 9.17) is 0 Å². The molecule has 6 nitrogen and oxygen atoms in total. The van der Waals surface area contributed by atoms with Crippen molar-refractivity contribution in [2.75, 3.05) is 6.54 Å². The lowest BCUT2D eigenvalue weighted by Crippen LogP contribution is -2.42. The largest absolute Gasteiger partial charge is 0.388 e. The van der Waals surface area contributed by atoms with Gasteiger partial charge in [0, 0.05) is 25.4 Å². The third-order valence-electron chi connectivity index (χ3n) is 4.29. The Morgan fingerprint density at radius 3 is 2.74 bits per heavy atom. The Bertz CT molecular complexity index is 671. The number of rotatable bonds is 4. The van der Waals surface area contributed by atoms with Gasteiger partial charge in [-0.25, -0.2) is 4.98 Å². The normalized spacial score (nSPS) is 17.7. The molecule has 0 bridgehead atoms. The van der Waals surface area contributed by atoms with Crippen molar-refractivity contribution < 1.29 is 9.90 Å². The van der Waals surface area contributed by atoms with Gasteiger partial charge in [0.25, 0.3) is 5.91 Å². The number of carbonyl (C=O) groups excluding carboxylic acids is 1. The third kappa shape index (κ3) is 3.97. The van der Waals surface area contributed by atoms with Crippen molar-refractivity contribution in [3.05, 3.63) is 23.5 Å².